The van der Waals surface area contributed by atoms with Crippen molar-refractivity contribution in [1.82, 2.24) is 0 Å². The summed E-state index contributed by atoms with van der Waals surface area (Å²) in [6.45, 7) is 3.02. The zero-order valence-electron chi connectivity index (χ0n) is 15.4. The van der Waals surface area contributed by atoms with Gasteiger partial charge in [0, 0.05) is 23.5 Å². The fraction of sp³-hybridized carbons (Fsp3) is 0.316. The monoisotopic (exact) mass is 409 g/mol. The highest BCUT2D eigenvalue weighted by atomic mass is 19.4. The number of alkyl halides is 3. The molecule has 3 rings (SSSR count). The lowest BCUT2D eigenvalue weighted by molar-refractivity contribution is -0.892. The number of nitro benzene ring substituents is 1. The van der Waals surface area contributed by atoms with Gasteiger partial charge in [-0.2, -0.15) is 13.2 Å². The van der Waals surface area contributed by atoms with Gasteiger partial charge in [0.25, 0.3) is 11.6 Å². The Morgan fingerprint density at radius 3 is 2.17 bits per heavy atom. The van der Waals surface area contributed by atoms with Gasteiger partial charge in [-0.1, -0.05) is 0 Å². The molecule has 1 saturated heterocycles. The van der Waals surface area contributed by atoms with Crippen molar-refractivity contribution in [3.05, 3.63) is 64.2 Å². The molecule has 0 atom stereocenters. The van der Waals surface area contributed by atoms with E-state index in [-0.39, 0.29) is 18.1 Å². The predicted octanol–water partition coefficient (Wildman–Crippen LogP) is 1.96. The normalized spacial score (nSPS) is 15.2. The number of rotatable bonds is 5. The molecule has 1 amide bonds. The maximum atomic E-state index is 12.6. The molecule has 2 N–H and O–H groups in total. The Labute approximate surface area is 164 Å². The number of non-ortho nitro benzene ring substituents is 1. The van der Waals surface area contributed by atoms with Crippen molar-refractivity contribution < 1.29 is 27.8 Å². The second kappa shape index (κ2) is 8.48. The molecule has 154 valence electrons. The molecule has 0 radical (unpaired) electrons. The lowest BCUT2D eigenvalue weighted by Gasteiger charge is -2.33. The minimum Gasteiger partial charge on any atom is -0.360 e. The summed E-state index contributed by atoms with van der Waals surface area (Å²) in [4.78, 5) is 25.6. The van der Waals surface area contributed by atoms with Crippen molar-refractivity contribution in [3.8, 4) is 0 Å². The van der Waals surface area contributed by atoms with E-state index in [2.05, 4.69) is 10.2 Å². The zero-order valence-corrected chi connectivity index (χ0v) is 15.4. The lowest BCUT2D eigenvalue weighted by atomic mass is 10.2. The van der Waals surface area contributed by atoms with Crippen LogP contribution in [-0.2, 0) is 11.0 Å². The van der Waals surface area contributed by atoms with E-state index in [0.29, 0.717) is 31.9 Å². The first-order valence-corrected chi connectivity index (χ1v) is 9.02. The maximum Gasteiger partial charge on any atom is 0.416 e. The number of carbonyl (C=O) groups excluding carboxylic acids is 1. The molecule has 0 spiro atoms. The fourth-order valence-corrected chi connectivity index (χ4v) is 3.22. The highest BCUT2D eigenvalue weighted by Gasteiger charge is 2.30. The molecule has 10 heteroatoms. The number of amides is 1. The summed E-state index contributed by atoms with van der Waals surface area (Å²) in [5.74, 6) is -0.261. The van der Waals surface area contributed by atoms with Crippen LogP contribution in [-0.4, -0.2) is 43.6 Å². The van der Waals surface area contributed by atoms with E-state index in [0.717, 1.165) is 22.7 Å². The molecule has 2 aromatic carbocycles. The van der Waals surface area contributed by atoms with E-state index in [1.54, 1.807) is 12.1 Å². The van der Waals surface area contributed by atoms with Crippen LogP contribution < -0.4 is 15.1 Å². The predicted molar refractivity (Wildman–Crippen MR) is 101 cm³/mol. The Morgan fingerprint density at radius 2 is 1.66 bits per heavy atom. The molecule has 0 aliphatic carbocycles. The summed E-state index contributed by atoms with van der Waals surface area (Å²) in [5, 5.41) is 13.3. The van der Waals surface area contributed by atoms with Crippen LogP contribution in [0.2, 0.25) is 0 Å². The van der Waals surface area contributed by atoms with Gasteiger partial charge in [0.15, 0.2) is 6.54 Å². The van der Waals surface area contributed by atoms with E-state index in [1.165, 1.54) is 24.3 Å². The molecule has 0 saturated carbocycles. The van der Waals surface area contributed by atoms with Crippen molar-refractivity contribution in [2.24, 2.45) is 0 Å². The number of quaternary nitrogens is 1. The zero-order chi connectivity index (χ0) is 21.0. The average Bonchev–Trinajstić information content (AvgIpc) is 2.68. The first-order chi connectivity index (χ1) is 13.7. The van der Waals surface area contributed by atoms with Gasteiger partial charge in [-0.05, 0) is 36.4 Å². The Kier molecular flexibility index (Phi) is 6.02. The molecule has 1 fully saturated rings. The van der Waals surface area contributed by atoms with Gasteiger partial charge in [-0.25, -0.2) is 0 Å². The third-order valence-electron chi connectivity index (χ3n) is 4.80. The van der Waals surface area contributed by atoms with E-state index in [1.807, 2.05) is 0 Å². The average molecular weight is 409 g/mol. The van der Waals surface area contributed by atoms with Gasteiger partial charge in [0.05, 0.1) is 36.7 Å². The fourth-order valence-electron chi connectivity index (χ4n) is 3.22. The van der Waals surface area contributed by atoms with E-state index >= 15 is 0 Å². The van der Waals surface area contributed by atoms with Crippen molar-refractivity contribution in [2.45, 2.75) is 6.18 Å². The molecule has 7 nitrogen and oxygen atoms in total. The Bertz CT molecular complexity index is 862. The molecule has 0 unspecified atom stereocenters. The number of nitrogens with zero attached hydrogens (tertiary/aromatic N) is 2. The molecule has 2 aromatic rings. The molecule has 29 heavy (non-hydrogen) atoms. The van der Waals surface area contributed by atoms with Crippen molar-refractivity contribution >= 4 is 23.0 Å². The molecule has 0 bridgehead atoms. The second-order valence-corrected chi connectivity index (χ2v) is 6.81. The van der Waals surface area contributed by atoms with Crippen LogP contribution in [0.15, 0.2) is 48.5 Å². The van der Waals surface area contributed by atoms with Crippen LogP contribution in [0.5, 0.6) is 0 Å². The van der Waals surface area contributed by atoms with Crippen LogP contribution in [0.1, 0.15) is 5.56 Å². The molecular formula is C19H20F3N4O3+. The topological polar surface area (TPSA) is 79.9 Å². The van der Waals surface area contributed by atoms with Crippen LogP contribution >= 0.6 is 0 Å². The number of anilines is 2. The summed E-state index contributed by atoms with van der Waals surface area (Å²) in [6, 6.07) is 10.7. The first kappa shape index (κ1) is 20.6. The number of carbonyl (C=O) groups is 1. The highest BCUT2D eigenvalue weighted by Crippen LogP contribution is 2.29. The molecular weight excluding hydrogens is 389 g/mol. The molecule has 0 aromatic heterocycles. The Hall–Kier alpha value is -3.14. The van der Waals surface area contributed by atoms with Gasteiger partial charge in [-0.3, -0.25) is 14.9 Å². The third kappa shape index (κ3) is 5.44. The number of hydrogen-bond acceptors (Lipinski definition) is 4. The number of hydrogen-bond donors (Lipinski definition) is 2. The molecule has 1 aliphatic rings. The first-order valence-electron chi connectivity index (χ1n) is 9.02. The summed E-state index contributed by atoms with van der Waals surface area (Å²) in [7, 11) is 0. The second-order valence-electron chi connectivity index (χ2n) is 6.81. The van der Waals surface area contributed by atoms with Gasteiger partial charge in [0.1, 0.15) is 0 Å². The van der Waals surface area contributed by atoms with Gasteiger partial charge in [-0.15, -0.1) is 0 Å². The molecule has 1 heterocycles. The molecule has 1 aliphatic heterocycles. The van der Waals surface area contributed by atoms with Crippen LogP contribution in [0.4, 0.5) is 30.2 Å². The van der Waals surface area contributed by atoms with Crippen LogP contribution in [0.25, 0.3) is 0 Å². The van der Waals surface area contributed by atoms with E-state index in [4.69, 9.17) is 0 Å². The summed E-state index contributed by atoms with van der Waals surface area (Å²) >= 11 is 0. The largest absolute Gasteiger partial charge is 0.416 e. The number of nitrogens with one attached hydrogen (secondary N) is 2. The quantitative estimate of drug-likeness (QED) is 0.585. The van der Waals surface area contributed by atoms with Crippen molar-refractivity contribution in [2.75, 3.05) is 42.9 Å². The highest BCUT2D eigenvalue weighted by molar-refractivity contribution is 5.91. The number of benzene rings is 2. The summed E-state index contributed by atoms with van der Waals surface area (Å²) in [5.41, 5.74) is 0.497. The van der Waals surface area contributed by atoms with E-state index in [9.17, 15) is 28.1 Å². The SMILES string of the molecule is O=C(C[NH+]1CCN(c2ccc([N+](=O)[O-])cc2)CC1)Nc1ccc(C(F)(F)F)cc1. The van der Waals surface area contributed by atoms with E-state index < -0.39 is 16.7 Å². The van der Waals surface area contributed by atoms with Gasteiger partial charge < -0.3 is 15.1 Å². The lowest BCUT2D eigenvalue weighted by Crippen LogP contribution is -3.15. The minimum atomic E-state index is -4.41. The number of piperazine rings is 1. The van der Waals surface area contributed by atoms with Crippen molar-refractivity contribution in [1.29, 1.82) is 0 Å². The van der Waals surface area contributed by atoms with Crippen LogP contribution in [0, 0.1) is 10.1 Å². The standard InChI is InChI=1S/C19H19F3N4O3/c20-19(21,22)14-1-3-15(4-2-14)23-18(27)13-24-9-11-25(12-10-24)16-5-7-17(8-6-16)26(28)29/h1-8H,9-13H2,(H,23,27)/p+1. The summed E-state index contributed by atoms with van der Waals surface area (Å²) in [6.07, 6.45) is -4.41. The van der Waals surface area contributed by atoms with Gasteiger partial charge >= 0.3 is 6.18 Å². The minimum absolute atomic E-state index is 0.0398. The smallest absolute Gasteiger partial charge is 0.360 e. The maximum absolute atomic E-state index is 12.6. The third-order valence-corrected chi connectivity index (χ3v) is 4.80. The Morgan fingerprint density at radius 1 is 1.07 bits per heavy atom. The number of halogens is 3. The van der Waals surface area contributed by atoms with Gasteiger partial charge in [0.2, 0.25) is 0 Å². The van der Waals surface area contributed by atoms with Crippen molar-refractivity contribution in [3.63, 3.8) is 0 Å². The van der Waals surface area contributed by atoms with Crippen LogP contribution in [0.3, 0.4) is 0 Å². The summed E-state index contributed by atoms with van der Waals surface area (Å²) < 4.78 is 37.7. The number of nitro groups is 1. The Balaban J connectivity index is 1.47.